The number of aromatic amines is 1. The molecule has 0 saturated heterocycles. The fourth-order valence-electron chi connectivity index (χ4n) is 3.31. The van der Waals surface area contributed by atoms with Crippen LogP contribution in [0.1, 0.15) is 12.0 Å². The lowest BCUT2D eigenvalue weighted by molar-refractivity contribution is -0.139. The summed E-state index contributed by atoms with van der Waals surface area (Å²) in [5.74, 6) is -1.14. The molecule has 0 amide bonds. The molecule has 3 rings (SSSR count). The first-order chi connectivity index (χ1) is 15.9. The quantitative estimate of drug-likeness (QED) is 0.283. The standard InChI is InChI=1S/C21H26F2N6O4/c1-24-6-3-7-29(2)10-13-9-25-19-18(13)20(27-12-26-19)28-14-4-5-15(33-21(22)23)16(8-14)32-11-17(30)31/h4-5,8-9,12,21,24H,3,6-7,10-11H2,1-2H3,(H,30,31)(H2,25,26,27,28). The highest BCUT2D eigenvalue weighted by Gasteiger charge is 2.16. The molecule has 33 heavy (non-hydrogen) atoms. The Morgan fingerprint density at radius 2 is 2.12 bits per heavy atom. The largest absolute Gasteiger partial charge is 0.479 e. The molecule has 0 aliphatic rings. The second-order valence-corrected chi connectivity index (χ2v) is 7.30. The van der Waals surface area contributed by atoms with Crippen LogP contribution in [0, 0.1) is 0 Å². The Balaban J connectivity index is 1.85. The summed E-state index contributed by atoms with van der Waals surface area (Å²) >= 11 is 0. The number of rotatable bonds is 13. The first-order valence-electron chi connectivity index (χ1n) is 10.2. The van der Waals surface area contributed by atoms with Crippen molar-refractivity contribution < 1.29 is 28.2 Å². The Morgan fingerprint density at radius 1 is 1.30 bits per heavy atom. The lowest BCUT2D eigenvalue weighted by Crippen LogP contribution is -2.22. The van der Waals surface area contributed by atoms with Crippen molar-refractivity contribution in [2.75, 3.05) is 39.1 Å². The van der Waals surface area contributed by atoms with E-state index in [-0.39, 0.29) is 11.5 Å². The number of fused-ring (bicyclic) bond motifs is 1. The molecule has 10 nitrogen and oxygen atoms in total. The van der Waals surface area contributed by atoms with Crippen molar-refractivity contribution in [2.45, 2.75) is 19.6 Å². The molecular weight excluding hydrogens is 438 g/mol. The fraction of sp³-hybridized carbons (Fsp3) is 0.381. The van der Waals surface area contributed by atoms with E-state index < -0.39 is 19.2 Å². The van der Waals surface area contributed by atoms with Crippen LogP contribution in [-0.2, 0) is 11.3 Å². The average Bonchev–Trinajstić information content (AvgIpc) is 3.17. The lowest BCUT2D eigenvalue weighted by atomic mass is 10.2. The van der Waals surface area contributed by atoms with Gasteiger partial charge in [0.1, 0.15) is 17.8 Å². The van der Waals surface area contributed by atoms with Gasteiger partial charge in [0.05, 0.1) is 5.39 Å². The van der Waals surface area contributed by atoms with Crippen molar-refractivity contribution in [1.82, 2.24) is 25.2 Å². The smallest absolute Gasteiger partial charge is 0.387 e. The summed E-state index contributed by atoms with van der Waals surface area (Å²) in [7, 11) is 3.94. The molecule has 0 fully saturated rings. The third kappa shape index (κ3) is 6.73. The van der Waals surface area contributed by atoms with Crippen LogP contribution in [-0.4, -0.2) is 71.3 Å². The molecule has 0 aliphatic heterocycles. The van der Waals surface area contributed by atoms with Crippen molar-refractivity contribution in [3.8, 4) is 11.5 Å². The normalized spacial score (nSPS) is 11.3. The van der Waals surface area contributed by atoms with Gasteiger partial charge in [0.2, 0.25) is 0 Å². The maximum atomic E-state index is 12.7. The highest BCUT2D eigenvalue weighted by atomic mass is 19.3. The molecule has 1 aromatic carbocycles. The highest BCUT2D eigenvalue weighted by molar-refractivity contribution is 5.92. The van der Waals surface area contributed by atoms with Gasteiger partial charge < -0.3 is 35.1 Å². The van der Waals surface area contributed by atoms with E-state index in [0.29, 0.717) is 23.7 Å². The molecule has 0 unspecified atom stereocenters. The van der Waals surface area contributed by atoms with E-state index in [1.807, 2.05) is 20.3 Å². The summed E-state index contributed by atoms with van der Waals surface area (Å²) in [6.07, 6.45) is 4.28. The zero-order valence-corrected chi connectivity index (χ0v) is 18.3. The molecule has 12 heteroatoms. The van der Waals surface area contributed by atoms with Gasteiger partial charge in [0, 0.05) is 24.5 Å². The highest BCUT2D eigenvalue weighted by Crippen LogP contribution is 2.34. The van der Waals surface area contributed by atoms with E-state index >= 15 is 0 Å². The number of H-pyrrole nitrogens is 1. The third-order valence-corrected chi connectivity index (χ3v) is 4.73. The van der Waals surface area contributed by atoms with Crippen LogP contribution in [0.25, 0.3) is 11.0 Å². The van der Waals surface area contributed by atoms with Gasteiger partial charge in [-0.3, -0.25) is 0 Å². The number of alkyl halides is 2. The van der Waals surface area contributed by atoms with Crippen LogP contribution in [0.3, 0.4) is 0 Å². The van der Waals surface area contributed by atoms with E-state index in [1.165, 1.54) is 24.5 Å². The molecule has 0 atom stereocenters. The van der Waals surface area contributed by atoms with E-state index in [4.69, 9.17) is 9.84 Å². The minimum Gasteiger partial charge on any atom is -0.479 e. The van der Waals surface area contributed by atoms with Gasteiger partial charge in [0.15, 0.2) is 18.1 Å². The van der Waals surface area contributed by atoms with Crippen molar-refractivity contribution in [3.05, 3.63) is 36.3 Å². The minimum absolute atomic E-state index is 0.133. The molecule has 0 bridgehead atoms. The Kier molecular flexibility index (Phi) is 8.33. The number of benzene rings is 1. The van der Waals surface area contributed by atoms with E-state index in [0.717, 1.165) is 30.5 Å². The average molecular weight is 464 g/mol. The fourth-order valence-corrected chi connectivity index (χ4v) is 3.31. The summed E-state index contributed by atoms with van der Waals surface area (Å²) in [4.78, 5) is 24.8. The first kappa shape index (κ1) is 24.1. The van der Waals surface area contributed by atoms with Gasteiger partial charge in [-0.05, 0) is 51.3 Å². The zero-order valence-electron chi connectivity index (χ0n) is 18.3. The maximum absolute atomic E-state index is 12.7. The second-order valence-electron chi connectivity index (χ2n) is 7.30. The van der Waals surface area contributed by atoms with Crippen molar-refractivity contribution in [1.29, 1.82) is 0 Å². The number of nitrogens with one attached hydrogen (secondary N) is 3. The zero-order chi connectivity index (χ0) is 23.8. The monoisotopic (exact) mass is 464 g/mol. The molecule has 178 valence electrons. The van der Waals surface area contributed by atoms with E-state index in [2.05, 4.69) is 35.2 Å². The molecule has 3 aromatic rings. The topological polar surface area (TPSA) is 125 Å². The van der Waals surface area contributed by atoms with Crippen molar-refractivity contribution >= 4 is 28.5 Å². The van der Waals surface area contributed by atoms with E-state index in [9.17, 15) is 13.6 Å². The van der Waals surface area contributed by atoms with Crippen LogP contribution in [0.15, 0.2) is 30.7 Å². The first-order valence-corrected chi connectivity index (χ1v) is 10.2. The summed E-state index contributed by atoms with van der Waals surface area (Å²) < 4.78 is 34.9. The number of ether oxygens (including phenoxy) is 2. The number of carboxylic acid groups (broad SMARTS) is 1. The Labute approximate surface area is 188 Å². The van der Waals surface area contributed by atoms with Crippen LogP contribution in [0.5, 0.6) is 11.5 Å². The van der Waals surface area contributed by atoms with E-state index in [1.54, 1.807) is 0 Å². The van der Waals surface area contributed by atoms with Crippen LogP contribution in [0.2, 0.25) is 0 Å². The SMILES string of the molecule is CNCCCN(C)Cc1c[nH]c2ncnc(Nc3ccc(OC(F)F)c(OCC(=O)O)c3)c12. The molecule has 0 radical (unpaired) electrons. The summed E-state index contributed by atoms with van der Waals surface area (Å²) in [5, 5.41) is 15.9. The van der Waals surface area contributed by atoms with Crippen molar-refractivity contribution in [3.63, 3.8) is 0 Å². The number of anilines is 2. The van der Waals surface area contributed by atoms with Crippen LogP contribution >= 0.6 is 0 Å². The third-order valence-electron chi connectivity index (χ3n) is 4.73. The Morgan fingerprint density at radius 3 is 2.85 bits per heavy atom. The molecule has 0 aliphatic carbocycles. The van der Waals surface area contributed by atoms with Gasteiger partial charge in [-0.15, -0.1) is 0 Å². The number of carboxylic acids is 1. The van der Waals surface area contributed by atoms with Crippen molar-refractivity contribution in [2.24, 2.45) is 0 Å². The molecule has 0 saturated carbocycles. The lowest BCUT2D eigenvalue weighted by Gasteiger charge is -2.17. The number of aliphatic carboxylic acids is 1. The maximum Gasteiger partial charge on any atom is 0.387 e. The van der Waals surface area contributed by atoms with Crippen LogP contribution in [0.4, 0.5) is 20.3 Å². The number of carbonyl (C=O) groups is 1. The summed E-state index contributed by atoms with van der Waals surface area (Å²) in [5.41, 5.74) is 2.08. The van der Waals surface area contributed by atoms with Crippen LogP contribution < -0.4 is 20.1 Å². The number of hydrogen-bond donors (Lipinski definition) is 4. The molecule has 2 heterocycles. The number of nitrogens with zero attached hydrogens (tertiary/aromatic N) is 3. The number of aromatic nitrogens is 3. The molecule has 0 spiro atoms. The van der Waals surface area contributed by atoms with Gasteiger partial charge in [-0.1, -0.05) is 0 Å². The molecule has 4 N–H and O–H groups in total. The van der Waals surface area contributed by atoms with Gasteiger partial charge >= 0.3 is 12.6 Å². The van der Waals surface area contributed by atoms with Gasteiger partial charge in [-0.2, -0.15) is 8.78 Å². The Hall–Kier alpha value is -3.51. The second kappa shape index (κ2) is 11.4. The summed E-state index contributed by atoms with van der Waals surface area (Å²) in [6.45, 7) is -1.29. The number of halogens is 2. The predicted molar refractivity (Wildman–Crippen MR) is 118 cm³/mol. The predicted octanol–water partition coefficient (Wildman–Crippen LogP) is 2.81. The number of hydrogen-bond acceptors (Lipinski definition) is 8. The minimum atomic E-state index is -3.08. The molecule has 2 aromatic heterocycles. The van der Waals surface area contributed by atoms with Gasteiger partial charge in [-0.25, -0.2) is 14.8 Å². The summed E-state index contributed by atoms with van der Waals surface area (Å²) in [6, 6.07) is 4.16. The Bertz CT molecular complexity index is 1080. The molecular formula is C21H26F2N6O4. The van der Waals surface area contributed by atoms with Gasteiger partial charge in [0.25, 0.3) is 0 Å².